The van der Waals surface area contributed by atoms with Gasteiger partial charge >= 0.3 is 5.97 Å². The van der Waals surface area contributed by atoms with Gasteiger partial charge in [-0.1, -0.05) is 31.2 Å². The fraction of sp³-hybridized carbons (Fsp3) is 0.706. The maximum atomic E-state index is 11.3. The van der Waals surface area contributed by atoms with Crippen LogP contribution in [0.3, 0.4) is 0 Å². The predicted octanol–water partition coefficient (Wildman–Crippen LogP) is 4.12. The van der Waals surface area contributed by atoms with Crippen LogP contribution < -0.4 is 0 Å². The van der Waals surface area contributed by atoms with E-state index in [1.165, 1.54) is 24.5 Å². The normalized spacial score (nSPS) is 38.5. The zero-order chi connectivity index (χ0) is 14.2. The first kappa shape index (κ1) is 14.4. The molecule has 2 aliphatic rings. The zero-order valence-corrected chi connectivity index (χ0v) is 12.4. The van der Waals surface area contributed by atoms with E-state index in [0.717, 1.165) is 19.3 Å². The minimum atomic E-state index is -0.164. The minimum Gasteiger partial charge on any atom is -0.462 e. The van der Waals surface area contributed by atoms with Crippen molar-refractivity contribution >= 4 is 5.97 Å². The predicted molar refractivity (Wildman–Crippen MR) is 77.6 cm³/mol. The number of esters is 1. The van der Waals surface area contributed by atoms with Crippen LogP contribution in [-0.4, -0.2) is 12.1 Å². The van der Waals surface area contributed by atoms with Crippen molar-refractivity contribution in [3.05, 3.63) is 24.3 Å². The van der Waals surface area contributed by atoms with E-state index in [4.69, 9.17) is 4.74 Å². The average molecular weight is 262 g/mol. The third kappa shape index (κ3) is 2.93. The van der Waals surface area contributed by atoms with Crippen LogP contribution in [0.5, 0.6) is 0 Å². The molecule has 2 aliphatic carbocycles. The van der Waals surface area contributed by atoms with E-state index in [1.807, 2.05) is 0 Å². The topological polar surface area (TPSA) is 26.3 Å². The Morgan fingerprint density at radius 3 is 2.58 bits per heavy atom. The van der Waals surface area contributed by atoms with E-state index < -0.39 is 0 Å². The molecule has 0 aromatic rings. The number of allylic oxidation sites excluding steroid dienone is 1. The number of rotatable bonds is 2. The Hall–Kier alpha value is -1.05. The Bertz CT molecular complexity index is 396. The van der Waals surface area contributed by atoms with Gasteiger partial charge in [-0.2, -0.15) is 0 Å². The summed E-state index contributed by atoms with van der Waals surface area (Å²) in [5.74, 6) is 1.92. The van der Waals surface area contributed by atoms with Gasteiger partial charge in [-0.25, -0.2) is 0 Å². The monoisotopic (exact) mass is 262 g/mol. The molecule has 106 valence electrons. The van der Waals surface area contributed by atoms with E-state index in [1.54, 1.807) is 0 Å². The summed E-state index contributed by atoms with van der Waals surface area (Å²) < 4.78 is 5.60. The van der Waals surface area contributed by atoms with E-state index >= 15 is 0 Å². The number of carbonyl (C=O) groups excluding carboxylic acids is 1. The highest BCUT2D eigenvalue weighted by Gasteiger charge is 2.45. The number of fused-ring (bicyclic) bond motifs is 1. The van der Waals surface area contributed by atoms with Crippen LogP contribution in [0.2, 0.25) is 0 Å². The van der Waals surface area contributed by atoms with Crippen molar-refractivity contribution in [2.45, 2.75) is 52.6 Å². The van der Waals surface area contributed by atoms with E-state index in [-0.39, 0.29) is 12.1 Å². The summed E-state index contributed by atoms with van der Waals surface area (Å²) >= 11 is 0. The van der Waals surface area contributed by atoms with E-state index in [2.05, 4.69) is 27.0 Å². The van der Waals surface area contributed by atoms with Crippen LogP contribution in [0.15, 0.2) is 24.3 Å². The van der Waals surface area contributed by atoms with Crippen LogP contribution in [0.4, 0.5) is 0 Å². The molecule has 0 spiro atoms. The highest BCUT2D eigenvalue weighted by Crippen LogP contribution is 2.50. The van der Waals surface area contributed by atoms with Crippen molar-refractivity contribution in [2.24, 2.45) is 23.7 Å². The molecule has 0 saturated heterocycles. The second-order valence-electron chi connectivity index (χ2n) is 6.56. The van der Waals surface area contributed by atoms with Gasteiger partial charge in [0, 0.05) is 12.8 Å². The fourth-order valence-corrected chi connectivity index (χ4v) is 4.17. The van der Waals surface area contributed by atoms with Gasteiger partial charge in [0.05, 0.1) is 0 Å². The first-order valence-electron chi connectivity index (χ1n) is 7.40. The standard InChI is InChI=1S/C17H26O2/c1-10(2)14-7-6-12(4)17-15(14)8-11(3)9-16(17)19-13(5)18/h11,14-17H,1,4,6-9H2,2-3,5H3. The van der Waals surface area contributed by atoms with Crippen molar-refractivity contribution in [1.29, 1.82) is 0 Å². The second-order valence-corrected chi connectivity index (χ2v) is 6.56. The highest BCUT2D eigenvalue weighted by atomic mass is 16.5. The number of carbonyl (C=O) groups is 1. The molecule has 19 heavy (non-hydrogen) atoms. The molecule has 2 rings (SSSR count). The van der Waals surface area contributed by atoms with Crippen LogP contribution in [0.1, 0.15) is 46.5 Å². The van der Waals surface area contributed by atoms with Crippen molar-refractivity contribution in [3.63, 3.8) is 0 Å². The van der Waals surface area contributed by atoms with Gasteiger partial charge in [0.2, 0.25) is 0 Å². The molecule has 2 saturated carbocycles. The molecule has 0 heterocycles. The Kier molecular flexibility index (Phi) is 4.17. The van der Waals surface area contributed by atoms with Crippen molar-refractivity contribution < 1.29 is 9.53 Å². The van der Waals surface area contributed by atoms with Crippen LogP contribution in [0.25, 0.3) is 0 Å². The third-order valence-corrected chi connectivity index (χ3v) is 4.89. The molecule has 0 aromatic carbocycles. The number of ether oxygens (including phenoxy) is 1. The first-order chi connectivity index (χ1) is 8.90. The smallest absolute Gasteiger partial charge is 0.302 e. The zero-order valence-electron chi connectivity index (χ0n) is 12.4. The molecule has 5 unspecified atom stereocenters. The maximum Gasteiger partial charge on any atom is 0.302 e. The fourth-order valence-electron chi connectivity index (χ4n) is 4.17. The minimum absolute atomic E-state index is 0.0286. The Labute approximate surface area is 116 Å². The van der Waals surface area contributed by atoms with Crippen LogP contribution >= 0.6 is 0 Å². The summed E-state index contributed by atoms with van der Waals surface area (Å²) in [6.45, 7) is 14.3. The molecule has 0 N–H and O–H groups in total. The lowest BCUT2D eigenvalue weighted by Crippen LogP contribution is -2.44. The maximum absolute atomic E-state index is 11.3. The molecular formula is C17H26O2. The summed E-state index contributed by atoms with van der Waals surface area (Å²) in [6, 6.07) is 0. The molecule has 2 nitrogen and oxygen atoms in total. The molecule has 0 bridgehead atoms. The summed E-state index contributed by atoms with van der Waals surface area (Å²) in [7, 11) is 0. The Balaban J connectivity index is 2.26. The summed E-state index contributed by atoms with van der Waals surface area (Å²) in [6.07, 6.45) is 4.42. The molecule has 0 aromatic heterocycles. The molecule has 2 fully saturated rings. The lowest BCUT2D eigenvalue weighted by Gasteiger charge is -2.48. The molecule has 5 atom stereocenters. The number of hydrogen-bond acceptors (Lipinski definition) is 2. The van der Waals surface area contributed by atoms with Crippen LogP contribution in [-0.2, 0) is 9.53 Å². The van der Waals surface area contributed by atoms with Gasteiger partial charge in [0.1, 0.15) is 6.10 Å². The lowest BCUT2D eigenvalue weighted by molar-refractivity contribution is -0.153. The molecule has 0 radical (unpaired) electrons. The van der Waals surface area contributed by atoms with Crippen molar-refractivity contribution in [3.8, 4) is 0 Å². The van der Waals surface area contributed by atoms with Crippen molar-refractivity contribution in [2.75, 3.05) is 0 Å². The largest absolute Gasteiger partial charge is 0.462 e. The average Bonchev–Trinajstić information content (AvgIpc) is 2.26. The summed E-state index contributed by atoms with van der Waals surface area (Å²) in [4.78, 5) is 11.3. The summed E-state index contributed by atoms with van der Waals surface area (Å²) in [5, 5.41) is 0. The Morgan fingerprint density at radius 1 is 1.32 bits per heavy atom. The lowest BCUT2D eigenvalue weighted by atomic mass is 9.59. The van der Waals surface area contributed by atoms with Gasteiger partial charge in [-0.05, 0) is 50.4 Å². The third-order valence-electron chi connectivity index (χ3n) is 4.89. The number of hydrogen-bond donors (Lipinski definition) is 0. The molecular weight excluding hydrogens is 236 g/mol. The van der Waals surface area contributed by atoms with E-state index in [9.17, 15) is 4.79 Å². The van der Waals surface area contributed by atoms with Gasteiger partial charge in [-0.3, -0.25) is 4.79 Å². The van der Waals surface area contributed by atoms with Gasteiger partial charge in [0.15, 0.2) is 0 Å². The van der Waals surface area contributed by atoms with Crippen LogP contribution in [0, 0.1) is 23.7 Å². The van der Waals surface area contributed by atoms with Crippen molar-refractivity contribution in [1.82, 2.24) is 0 Å². The SMILES string of the molecule is C=C(C)C1CCC(=C)C2C(OC(C)=O)CC(C)CC12. The highest BCUT2D eigenvalue weighted by molar-refractivity contribution is 5.66. The Morgan fingerprint density at radius 2 is 2.00 bits per heavy atom. The molecule has 2 heteroatoms. The first-order valence-corrected chi connectivity index (χ1v) is 7.40. The van der Waals surface area contributed by atoms with Gasteiger partial charge < -0.3 is 4.74 Å². The van der Waals surface area contributed by atoms with Gasteiger partial charge in [-0.15, -0.1) is 0 Å². The summed E-state index contributed by atoms with van der Waals surface area (Å²) in [5.41, 5.74) is 2.55. The van der Waals surface area contributed by atoms with Gasteiger partial charge in [0.25, 0.3) is 0 Å². The second kappa shape index (κ2) is 5.52. The molecule has 0 aliphatic heterocycles. The van der Waals surface area contributed by atoms with E-state index in [0.29, 0.717) is 23.7 Å². The molecule has 0 amide bonds. The quantitative estimate of drug-likeness (QED) is 0.552.